The Morgan fingerprint density at radius 1 is 1.12 bits per heavy atom. The fourth-order valence-corrected chi connectivity index (χ4v) is 3.05. The standard InChI is InChI=1S/C13H21NO3/c15-12(16)8-10-6-7-14(9-10)13(17)11-4-2-1-3-5-11/h10-11H,1-9H2,(H,15,16). The van der Waals surface area contributed by atoms with Gasteiger partial charge in [0.05, 0.1) is 0 Å². The highest BCUT2D eigenvalue weighted by Crippen LogP contribution is 2.28. The molecule has 1 aliphatic heterocycles. The van der Waals surface area contributed by atoms with Crippen LogP contribution in [-0.4, -0.2) is 35.0 Å². The van der Waals surface area contributed by atoms with E-state index in [1.165, 1.54) is 19.3 Å². The summed E-state index contributed by atoms with van der Waals surface area (Å²) in [6.07, 6.45) is 6.70. The molecule has 2 fully saturated rings. The van der Waals surface area contributed by atoms with Crippen LogP contribution in [0.5, 0.6) is 0 Å². The number of hydrogen-bond acceptors (Lipinski definition) is 2. The summed E-state index contributed by atoms with van der Waals surface area (Å²) in [6.45, 7) is 1.41. The summed E-state index contributed by atoms with van der Waals surface area (Å²) < 4.78 is 0. The van der Waals surface area contributed by atoms with Gasteiger partial charge in [-0.1, -0.05) is 19.3 Å². The average Bonchev–Trinajstić information content (AvgIpc) is 2.77. The minimum Gasteiger partial charge on any atom is -0.481 e. The number of carboxylic acid groups (broad SMARTS) is 1. The van der Waals surface area contributed by atoms with E-state index in [2.05, 4.69) is 0 Å². The highest BCUT2D eigenvalue weighted by atomic mass is 16.4. The van der Waals surface area contributed by atoms with Gasteiger partial charge in [-0.3, -0.25) is 9.59 Å². The summed E-state index contributed by atoms with van der Waals surface area (Å²) in [6, 6.07) is 0. The molecule has 1 saturated heterocycles. The van der Waals surface area contributed by atoms with Crippen LogP contribution in [0.1, 0.15) is 44.9 Å². The third kappa shape index (κ3) is 3.20. The van der Waals surface area contributed by atoms with Crippen molar-refractivity contribution in [1.82, 2.24) is 4.90 Å². The number of hydrogen-bond donors (Lipinski definition) is 1. The van der Waals surface area contributed by atoms with Gasteiger partial charge in [0.15, 0.2) is 0 Å². The van der Waals surface area contributed by atoms with E-state index in [4.69, 9.17) is 5.11 Å². The van der Waals surface area contributed by atoms with Crippen molar-refractivity contribution in [2.75, 3.05) is 13.1 Å². The zero-order chi connectivity index (χ0) is 12.3. The maximum absolute atomic E-state index is 12.2. The monoisotopic (exact) mass is 239 g/mol. The normalized spacial score (nSPS) is 26.1. The van der Waals surface area contributed by atoms with Gasteiger partial charge in [0.25, 0.3) is 0 Å². The molecule has 0 aromatic carbocycles. The number of amides is 1. The second-order valence-corrected chi connectivity index (χ2v) is 5.37. The van der Waals surface area contributed by atoms with Crippen LogP contribution in [-0.2, 0) is 9.59 Å². The third-order valence-corrected chi connectivity index (χ3v) is 4.02. The molecule has 1 aliphatic carbocycles. The van der Waals surface area contributed by atoms with E-state index >= 15 is 0 Å². The lowest BCUT2D eigenvalue weighted by molar-refractivity contribution is -0.139. The van der Waals surface area contributed by atoms with Crippen molar-refractivity contribution in [2.24, 2.45) is 11.8 Å². The fraction of sp³-hybridized carbons (Fsp3) is 0.846. The van der Waals surface area contributed by atoms with Crippen molar-refractivity contribution in [3.05, 3.63) is 0 Å². The van der Waals surface area contributed by atoms with Crippen LogP contribution in [0.2, 0.25) is 0 Å². The first-order valence-corrected chi connectivity index (χ1v) is 6.67. The zero-order valence-corrected chi connectivity index (χ0v) is 10.2. The van der Waals surface area contributed by atoms with Gasteiger partial charge >= 0.3 is 5.97 Å². The molecule has 0 aromatic heterocycles. The summed E-state index contributed by atoms with van der Waals surface area (Å²) in [5, 5.41) is 8.74. The number of carboxylic acids is 1. The lowest BCUT2D eigenvalue weighted by Crippen LogP contribution is -2.35. The molecule has 2 aliphatic rings. The maximum Gasteiger partial charge on any atom is 0.303 e. The lowest BCUT2D eigenvalue weighted by Gasteiger charge is -2.26. The molecule has 4 nitrogen and oxygen atoms in total. The Hall–Kier alpha value is -1.06. The summed E-state index contributed by atoms with van der Waals surface area (Å²) in [4.78, 5) is 24.7. The van der Waals surface area contributed by atoms with Crippen LogP contribution in [0.25, 0.3) is 0 Å². The Morgan fingerprint density at radius 2 is 1.82 bits per heavy atom. The van der Waals surface area contributed by atoms with Gasteiger partial charge in [0, 0.05) is 25.4 Å². The number of carbonyl (C=O) groups excluding carboxylic acids is 1. The summed E-state index contributed by atoms with van der Waals surface area (Å²) in [7, 11) is 0. The second kappa shape index (κ2) is 5.52. The highest BCUT2D eigenvalue weighted by Gasteiger charge is 2.32. The van der Waals surface area contributed by atoms with Crippen molar-refractivity contribution in [3.63, 3.8) is 0 Å². The maximum atomic E-state index is 12.2. The highest BCUT2D eigenvalue weighted by molar-refractivity contribution is 5.79. The third-order valence-electron chi connectivity index (χ3n) is 4.02. The van der Waals surface area contributed by atoms with E-state index in [-0.39, 0.29) is 24.2 Å². The van der Waals surface area contributed by atoms with Gasteiger partial charge in [-0.25, -0.2) is 0 Å². The van der Waals surface area contributed by atoms with Crippen molar-refractivity contribution < 1.29 is 14.7 Å². The van der Waals surface area contributed by atoms with Crippen molar-refractivity contribution in [2.45, 2.75) is 44.9 Å². The number of likely N-dealkylation sites (tertiary alicyclic amines) is 1. The van der Waals surface area contributed by atoms with Crippen LogP contribution in [0.4, 0.5) is 0 Å². The largest absolute Gasteiger partial charge is 0.481 e. The molecule has 17 heavy (non-hydrogen) atoms. The summed E-state index contributed by atoms with van der Waals surface area (Å²) >= 11 is 0. The predicted octanol–water partition coefficient (Wildman–Crippen LogP) is 1.89. The molecule has 1 amide bonds. The molecule has 1 heterocycles. The Bertz CT molecular complexity index is 297. The van der Waals surface area contributed by atoms with E-state index in [9.17, 15) is 9.59 Å². The van der Waals surface area contributed by atoms with Crippen LogP contribution in [0.3, 0.4) is 0 Å². The van der Waals surface area contributed by atoms with Crippen LogP contribution >= 0.6 is 0 Å². The van der Waals surface area contributed by atoms with E-state index in [0.29, 0.717) is 6.54 Å². The molecular weight excluding hydrogens is 218 g/mol. The van der Waals surface area contributed by atoms with Gasteiger partial charge in [0.2, 0.25) is 5.91 Å². The zero-order valence-electron chi connectivity index (χ0n) is 10.2. The first-order chi connectivity index (χ1) is 8.16. The summed E-state index contributed by atoms with van der Waals surface area (Å²) in [5.74, 6) is -0.0908. The molecule has 1 N–H and O–H groups in total. The first kappa shape index (κ1) is 12.4. The van der Waals surface area contributed by atoms with Crippen molar-refractivity contribution in [1.29, 1.82) is 0 Å². The fourth-order valence-electron chi connectivity index (χ4n) is 3.05. The molecule has 1 saturated carbocycles. The average molecular weight is 239 g/mol. The van der Waals surface area contributed by atoms with Crippen LogP contribution < -0.4 is 0 Å². The minimum atomic E-state index is -0.748. The Labute approximate surface area is 102 Å². The van der Waals surface area contributed by atoms with Gasteiger partial charge in [-0.05, 0) is 25.2 Å². The van der Waals surface area contributed by atoms with E-state index in [1.807, 2.05) is 4.90 Å². The molecule has 96 valence electrons. The van der Waals surface area contributed by atoms with Gasteiger partial charge in [-0.2, -0.15) is 0 Å². The second-order valence-electron chi connectivity index (χ2n) is 5.37. The molecule has 2 rings (SSSR count). The molecule has 4 heteroatoms. The number of nitrogens with zero attached hydrogens (tertiary/aromatic N) is 1. The molecule has 1 unspecified atom stereocenters. The molecule has 0 bridgehead atoms. The summed E-state index contributed by atoms with van der Waals surface area (Å²) in [5.41, 5.74) is 0. The topological polar surface area (TPSA) is 57.6 Å². The smallest absolute Gasteiger partial charge is 0.303 e. The lowest BCUT2D eigenvalue weighted by atomic mass is 9.88. The van der Waals surface area contributed by atoms with E-state index in [0.717, 1.165) is 25.8 Å². The van der Waals surface area contributed by atoms with Crippen LogP contribution in [0, 0.1) is 11.8 Å². The predicted molar refractivity (Wildman–Crippen MR) is 63.5 cm³/mol. The Kier molecular flexibility index (Phi) is 4.02. The molecule has 1 atom stereocenters. The molecule has 0 radical (unpaired) electrons. The van der Waals surface area contributed by atoms with E-state index < -0.39 is 5.97 Å². The quantitative estimate of drug-likeness (QED) is 0.818. The van der Waals surface area contributed by atoms with Crippen LogP contribution in [0.15, 0.2) is 0 Å². The van der Waals surface area contributed by atoms with Crippen molar-refractivity contribution >= 4 is 11.9 Å². The first-order valence-electron chi connectivity index (χ1n) is 6.67. The number of carbonyl (C=O) groups is 2. The van der Waals surface area contributed by atoms with E-state index in [1.54, 1.807) is 0 Å². The number of rotatable bonds is 3. The Balaban J connectivity index is 1.82. The number of aliphatic carboxylic acids is 1. The molecule has 0 spiro atoms. The van der Waals surface area contributed by atoms with Crippen molar-refractivity contribution in [3.8, 4) is 0 Å². The van der Waals surface area contributed by atoms with Gasteiger partial charge < -0.3 is 10.0 Å². The molecule has 0 aromatic rings. The minimum absolute atomic E-state index is 0.167. The van der Waals surface area contributed by atoms with Gasteiger partial charge in [-0.15, -0.1) is 0 Å². The molecular formula is C13H21NO3. The Morgan fingerprint density at radius 3 is 2.47 bits per heavy atom. The SMILES string of the molecule is O=C(O)CC1CCN(C(=O)C2CCCCC2)C1. The van der Waals surface area contributed by atoms with Gasteiger partial charge in [0.1, 0.15) is 0 Å².